The van der Waals surface area contributed by atoms with Gasteiger partial charge < -0.3 is 15.6 Å². The van der Waals surface area contributed by atoms with Crippen LogP contribution in [0.15, 0.2) is 22.4 Å². The SMILES string of the molecule is Cc1c[nH]cc1CCN(C)C1=NC(C)N=C(N)N1. The van der Waals surface area contributed by atoms with Gasteiger partial charge in [-0.15, -0.1) is 0 Å². The smallest absolute Gasteiger partial charge is 0.202 e. The van der Waals surface area contributed by atoms with Gasteiger partial charge in [-0.2, -0.15) is 0 Å². The second kappa shape index (κ2) is 5.12. The van der Waals surface area contributed by atoms with Crippen LogP contribution in [-0.2, 0) is 6.42 Å². The van der Waals surface area contributed by atoms with Gasteiger partial charge in [0.05, 0.1) is 0 Å². The number of nitrogens with zero attached hydrogens (tertiary/aromatic N) is 3. The van der Waals surface area contributed by atoms with E-state index in [1.165, 1.54) is 11.1 Å². The van der Waals surface area contributed by atoms with E-state index in [9.17, 15) is 0 Å². The summed E-state index contributed by atoms with van der Waals surface area (Å²) >= 11 is 0. The van der Waals surface area contributed by atoms with E-state index in [0.717, 1.165) is 18.9 Å². The lowest BCUT2D eigenvalue weighted by Crippen LogP contribution is -2.49. The molecule has 0 amide bonds. The van der Waals surface area contributed by atoms with Crippen LogP contribution in [0.1, 0.15) is 18.1 Å². The molecule has 98 valence electrons. The number of hydrogen-bond donors (Lipinski definition) is 3. The number of guanidine groups is 2. The predicted octanol–water partition coefficient (Wildman–Crippen LogP) is 0.417. The van der Waals surface area contributed by atoms with Crippen LogP contribution in [0.5, 0.6) is 0 Å². The van der Waals surface area contributed by atoms with Crippen LogP contribution in [-0.4, -0.2) is 41.6 Å². The Bertz CT molecular complexity index is 473. The highest BCUT2D eigenvalue weighted by Crippen LogP contribution is 2.07. The Hall–Kier alpha value is -1.98. The highest BCUT2D eigenvalue weighted by atomic mass is 15.4. The number of nitrogens with two attached hydrogens (primary N) is 1. The van der Waals surface area contributed by atoms with E-state index >= 15 is 0 Å². The van der Waals surface area contributed by atoms with Crippen molar-refractivity contribution in [3.05, 3.63) is 23.5 Å². The molecular weight excluding hydrogens is 228 g/mol. The fourth-order valence-electron chi connectivity index (χ4n) is 1.92. The monoisotopic (exact) mass is 248 g/mol. The van der Waals surface area contributed by atoms with E-state index < -0.39 is 0 Å². The molecule has 2 heterocycles. The van der Waals surface area contributed by atoms with Crippen molar-refractivity contribution in [3.63, 3.8) is 0 Å². The summed E-state index contributed by atoms with van der Waals surface area (Å²) < 4.78 is 0. The molecule has 1 aromatic heterocycles. The van der Waals surface area contributed by atoms with Crippen LogP contribution >= 0.6 is 0 Å². The quantitative estimate of drug-likeness (QED) is 0.725. The highest BCUT2D eigenvalue weighted by molar-refractivity contribution is 5.99. The van der Waals surface area contributed by atoms with Crippen LogP contribution < -0.4 is 11.1 Å². The molecule has 0 radical (unpaired) electrons. The zero-order valence-corrected chi connectivity index (χ0v) is 11.1. The van der Waals surface area contributed by atoms with Crippen molar-refractivity contribution in [2.24, 2.45) is 15.7 Å². The van der Waals surface area contributed by atoms with Gasteiger partial charge in [0.15, 0.2) is 5.96 Å². The first kappa shape index (κ1) is 12.5. The Balaban J connectivity index is 1.93. The lowest BCUT2D eigenvalue weighted by atomic mass is 10.1. The minimum absolute atomic E-state index is 0.113. The Morgan fingerprint density at radius 1 is 1.39 bits per heavy atom. The molecule has 18 heavy (non-hydrogen) atoms. The summed E-state index contributed by atoms with van der Waals surface area (Å²) in [7, 11) is 2.00. The van der Waals surface area contributed by atoms with Gasteiger partial charge in [-0.3, -0.25) is 5.32 Å². The van der Waals surface area contributed by atoms with Gasteiger partial charge in [-0.1, -0.05) is 0 Å². The summed E-state index contributed by atoms with van der Waals surface area (Å²) in [5.74, 6) is 1.21. The van der Waals surface area contributed by atoms with Crippen molar-refractivity contribution in [1.82, 2.24) is 15.2 Å². The summed E-state index contributed by atoms with van der Waals surface area (Å²) in [5.41, 5.74) is 8.31. The molecular formula is C12H20N6. The molecule has 0 aliphatic carbocycles. The van der Waals surface area contributed by atoms with Crippen molar-refractivity contribution < 1.29 is 0 Å². The number of aliphatic imine (C=N–C) groups is 2. The van der Waals surface area contributed by atoms with Gasteiger partial charge >= 0.3 is 0 Å². The van der Waals surface area contributed by atoms with E-state index in [-0.39, 0.29) is 6.17 Å². The summed E-state index contributed by atoms with van der Waals surface area (Å²) in [4.78, 5) is 13.7. The second-order valence-corrected chi connectivity index (χ2v) is 4.56. The minimum atomic E-state index is -0.113. The van der Waals surface area contributed by atoms with E-state index in [0.29, 0.717) is 5.96 Å². The first-order chi connectivity index (χ1) is 8.56. The molecule has 0 fully saturated rings. The van der Waals surface area contributed by atoms with Crippen LogP contribution in [0.3, 0.4) is 0 Å². The van der Waals surface area contributed by atoms with Gasteiger partial charge in [0.2, 0.25) is 5.96 Å². The third-order valence-corrected chi connectivity index (χ3v) is 3.02. The third kappa shape index (κ3) is 2.82. The maximum absolute atomic E-state index is 5.69. The van der Waals surface area contributed by atoms with Crippen molar-refractivity contribution >= 4 is 11.9 Å². The van der Waals surface area contributed by atoms with Gasteiger partial charge in [-0.05, 0) is 31.4 Å². The number of aryl methyl sites for hydroxylation is 1. The van der Waals surface area contributed by atoms with E-state index in [1.807, 2.05) is 26.4 Å². The molecule has 0 saturated carbocycles. The van der Waals surface area contributed by atoms with E-state index in [4.69, 9.17) is 5.73 Å². The topological polar surface area (TPSA) is 81.8 Å². The lowest BCUT2D eigenvalue weighted by molar-refractivity contribution is 0.486. The minimum Gasteiger partial charge on any atom is -0.370 e. The molecule has 2 rings (SSSR count). The Morgan fingerprint density at radius 2 is 2.17 bits per heavy atom. The number of nitrogens with one attached hydrogen (secondary N) is 2. The zero-order chi connectivity index (χ0) is 13.1. The Kier molecular flexibility index (Phi) is 3.55. The highest BCUT2D eigenvalue weighted by Gasteiger charge is 2.14. The Morgan fingerprint density at radius 3 is 2.78 bits per heavy atom. The fourth-order valence-corrected chi connectivity index (χ4v) is 1.92. The summed E-state index contributed by atoms with van der Waals surface area (Å²) in [6.45, 7) is 4.90. The van der Waals surface area contributed by atoms with Gasteiger partial charge in [0, 0.05) is 26.0 Å². The molecule has 4 N–H and O–H groups in total. The van der Waals surface area contributed by atoms with Crippen molar-refractivity contribution in [3.8, 4) is 0 Å². The first-order valence-electron chi connectivity index (χ1n) is 6.07. The van der Waals surface area contributed by atoms with Gasteiger partial charge in [0.1, 0.15) is 6.17 Å². The van der Waals surface area contributed by atoms with Gasteiger partial charge in [-0.25, -0.2) is 9.98 Å². The van der Waals surface area contributed by atoms with E-state index in [2.05, 4.69) is 32.1 Å². The molecule has 1 aliphatic rings. The van der Waals surface area contributed by atoms with Crippen molar-refractivity contribution in [2.45, 2.75) is 26.4 Å². The number of likely N-dealkylation sites (N-methyl/N-ethyl adjacent to an activating group) is 1. The normalized spacial score (nSPS) is 18.9. The number of hydrogen-bond acceptors (Lipinski definition) is 5. The maximum Gasteiger partial charge on any atom is 0.202 e. The average molecular weight is 248 g/mol. The molecule has 1 aliphatic heterocycles. The number of aromatic amines is 1. The molecule has 1 unspecified atom stereocenters. The first-order valence-corrected chi connectivity index (χ1v) is 6.07. The molecule has 0 saturated heterocycles. The van der Waals surface area contributed by atoms with Crippen LogP contribution in [0.2, 0.25) is 0 Å². The zero-order valence-electron chi connectivity index (χ0n) is 11.1. The summed E-state index contributed by atoms with van der Waals surface area (Å²) in [6, 6.07) is 0. The molecule has 1 atom stereocenters. The van der Waals surface area contributed by atoms with Crippen molar-refractivity contribution in [2.75, 3.05) is 13.6 Å². The maximum atomic E-state index is 5.69. The number of aromatic nitrogens is 1. The molecule has 0 spiro atoms. The van der Waals surface area contributed by atoms with Crippen LogP contribution in [0.25, 0.3) is 0 Å². The second-order valence-electron chi connectivity index (χ2n) is 4.56. The molecule has 6 heteroatoms. The molecule has 0 bridgehead atoms. The third-order valence-electron chi connectivity index (χ3n) is 3.02. The molecule has 0 aromatic carbocycles. The lowest BCUT2D eigenvalue weighted by Gasteiger charge is -2.25. The molecule has 1 aromatic rings. The van der Waals surface area contributed by atoms with Crippen molar-refractivity contribution in [1.29, 1.82) is 0 Å². The largest absolute Gasteiger partial charge is 0.370 e. The predicted molar refractivity (Wildman–Crippen MR) is 73.5 cm³/mol. The van der Waals surface area contributed by atoms with E-state index in [1.54, 1.807) is 0 Å². The summed E-state index contributed by atoms with van der Waals surface area (Å²) in [6.07, 6.45) is 4.91. The average Bonchev–Trinajstić information content (AvgIpc) is 2.70. The summed E-state index contributed by atoms with van der Waals surface area (Å²) in [5, 5.41) is 2.99. The Labute approximate surface area is 107 Å². The number of H-pyrrole nitrogens is 1. The molecule has 6 nitrogen and oxygen atoms in total. The van der Waals surface area contributed by atoms with Crippen LogP contribution in [0, 0.1) is 6.92 Å². The standard InChI is InChI=1S/C12H20N6/c1-8-6-14-7-10(8)4-5-18(3)12-16-9(2)15-11(13)17-12/h6-7,9,14H,4-5H2,1-3H3,(H3,13,15,16,17). The van der Waals surface area contributed by atoms with Crippen LogP contribution in [0.4, 0.5) is 0 Å². The van der Waals surface area contributed by atoms with Gasteiger partial charge in [0.25, 0.3) is 0 Å². The fraction of sp³-hybridized carbons (Fsp3) is 0.500. The number of rotatable bonds is 3.